The van der Waals surface area contributed by atoms with Crippen LogP contribution in [-0.2, 0) is 21.4 Å². The van der Waals surface area contributed by atoms with Gasteiger partial charge in [0.15, 0.2) is 0 Å². The van der Waals surface area contributed by atoms with Gasteiger partial charge in [-0.15, -0.1) is 0 Å². The molecule has 4 aromatic rings. The van der Waals surface area contributed by atoms with E-state index in [4.69, 9.17) is 4.74 Å². The number of aromatic nitrogens is 1. The lowest BCUT2D eigenvalue weighted by Gasteiger charge is -2.41. The van der Waals surface area contributed by atoms with E-state index in [9.17, 15) is 13.2 Å². The monoisotopic (exact) mass is 519 g/mol. The molecule has 0 bridgehead atoms. The Balaban J connectivity index is 0.000000212. The van der Waals surface area contributed by atoms with Crippen LogP contribution in [0.15, 0.2) is 93.2 Å². The summed E-state index contributed by atoms with van der Waals surface area (Å²) in [5.41, 5.74) is 4.05. The molecule has 1 saturated heterocycles. The fourth-order valence-corrected chi connectivity index (χ4v) is 6.36. The number of anilines is 1. The number of ether oxygens (including phenoxy) is 1. The summed E-state index contributed by atoms with van der Waals surface area (Å²) in [4.78, 5) is 16.9. The van der Waals surface area contributed by atoms with Crippen LogP contribution in [0.25, 0.3) is 10.9 Å². The van der Waals surface area contributed by atoms with Crippen LogP contribution in [0.5, 0.6) is 0 Å². The molecule has 0 saturated carbocycles. The zero-order valence-electron chi connectivity index (χ0n) is 20.6. The van der Waals surface area contributed by atoms with Crippen LogP contribution >= 0.6 is 0 Å². The molecule has 6 rings (SSSR count). The van der Waals surface area contributed by atoms with Crippen LogP contribution in [0.3, 0.4) is 0 Å². The van der Waals surface area contributed by atoms with Crippen molar-refractivity contribution >= 4 is 26.6 Å². The summed E-state index contributed by atoms with van der Waals surface area (Å²) in [7, 11) is -3.42. The van der Waals surface area contributed by atoms with E-state index in [1.807, 2.05) is 37.3 Å². The number of fused-ring (bicyclic) bond motifs is 2. The largest absolute Gasteiger partial charge is 0.439 e. The summed E-state index contributed by atoms with van der Waals surface area (Å²) >= 11 is 0. The lowest BCUT2D eigenvalue weighted by molar-refractivity contribution is 0.0988. The van der Waals surface area contributed by atoms with Gasteiger partial charge in [0.05, 0.1) is 17.0 Å². The Kier molecular flexibility index (Phi) is 7.36. The average Bonchev–Trinajstić information content (AvgIpc) is 2.93. The standard InChI is InChI=1S/C20H24N2O3S.C8H5NO2/c1-16-5-4-7-19(13-16)26(23,24)21-11-9-18(10-12-21)22-15-25-14-17-6-2-3-8-20(17)22;10-8-9-7-4-2-1-3-6(7)5-11-8/h2-8,13,18H,9-12,14-15H2,1H3;1-5H. The summed E-state index contributed by atoms with van der Waals surface area (Å²) in [5.74, 6) is -0.552. The first-order chi connectivity index (χ1) is 17.9. The Morgan fingerprint density at radius 1 is 0.946 bits per heavy atom. The van der Waals surface area contributed by atoms with Crippen molar-refractivity contribution in [3.8, 4) is 0 Å². The molecule has 9 heteroatoms. The number of nitrogens with zero attached hydrogens (tertiary/aromatic N) is 3. The summed E-state index contributed by atoms with van der Waals surface area (Å²) < 4.78 is 37.7. The molecule has 0 atom stereocenters. The van der Waals surface area contributed by atoms with Gasteiger partial charge in [-0.05, 0) is 55.7 Å². The van der Waals surface area contributed by atoms with Crippen molar-refractivity contribution in [1.29, 1.82) is 0 Å². The van der Waals surface area contributed by atoms with Crippen LogP contribution in [0.2, 0.25) is 0 Å². The molecule has 8 nitrogen and oxygen atoms in total. The highest BCUT2D eigenvalue weighted by Crippen LogP contribution is 2.31. The van der Waals surface area contributed by atoms with Crippen LogP contribution < -0.4 is 10.7 Å². The summed E-state index contributed by atoms with van der Waals surface area (Å²) in [5, 5.41) is 0.840. The van der Waals surface area contributed by atoms with Gasteiger partial charge in [-0.3, -0.25) is 0 Å². The second-order valence-electron chi connectivity index (χ2n) is 9.20. The first-order valence-corrected chi connectivity index (χ1v) is 13.7. The zero-order valence-corrected chi connectivity index (χ0v) is 21.4. The highest BCUT2D eigenvalue weighted by atomic mass is 32.2. The number of sulfonamides is 1. The Morgan fingerprint density at radius 3 is 2.51 bits per heavy atom. The second kappa shape index (κ2) is 10.8. The van der Waals surface area contributed by atoms with E-state index in [1.165, 1.54) is 17.5 Å². The van der Waals surface area contributed by atoms with Crippen LogP contribution in [0.1, 0.15) is 24.0 Å². The molecule has 0 unspecified atom stereocenters. The molecule has 2 aliphatic heterocycles. The van der Waals surface area contributed by atoms with Gasteiger partial charge in [0.25, 0.3) is 0 Å². The van der Waals surface area contributed by atoms with E-state index in [1.54, 1.807) is 28.6 Å². The molecule has 37 heavy (non-hydrogen) atoms. The highest BCUT2D eigenvalue weighted by Gasteiger charge is 2.33. The van der Waals surface area contributed by atoms with Gasteiger partial charge in [-0.25, -0.2) is 13.2 Å². The number of hydrogen-bond donors (Lipinski definition) is 0. The van der Waals surface area contributed by atoms with Gasteiger partial charge in [0, 0.05) is 35.8 Å². The summed E-state index contributed by atoms with van der Waals surface area (Å²) in [6.07, 6.45) is 3.02. The van der Waals surface area contributed by atoms with Gasteiger partial charge in [0.1, 0.15) is 13.0 Å². The Labute approximate surface area is 216 Å². The smallest absolute Gasteiger partial charge is 0.416 e. The molecule has 0 spiro atoms. The maximum Gasteiger partial charge on any atom is 0.439 e. The molecule has 3 heterocycles. The van der Waals surface area contributed by atoms with Crippen molar-refractivity contribution in [3.63, 3.8) is 0 Å². The van der Waals surface area contributed by atoms with E-state index in [2.05, 4.69) is 32.5 Å². The number of benzene rings is 3. The first-order valence-electron chi connectivity index (χ1n) is 12.3. The molecule has 1 fully saturated rings. The Bertz CT molecular complexity index is 1540. The van der Waals surface area contributed by atoms with Crippen molar-refractivity contribution in [3.05, 3.63) is 101 Å². The molecule has 192 valence electrons. The number of hydrogen-bond acceptors (Lipinski definition) is 7. The van der Waals surface area contributed by atoms with E-state index >= 15 is 0 Å². The molecule has 0 amide bonds. The number of rotatable bonds is 3. The molecule has 2 aliphatic rings. The van der Waals surface area contributed by atoms with Crippen molar-refractivity contribution < 1.29 is 17.6 Å². The minimum atomic E-state index is -3.42. The molecule has 0 aliphatic carbocycles. The van der Waals surface area contributed by atoms with Gasteiger partial charge >= 0.3 is 5.76 Å². The van der Waals surface area contributed by atoms with Crippen molar-refractivity contribution in [2.75, 3.05) is 24.7 Å². The van der Waals surface area contributed by atoms with Crippen LogP contribution in [0, 0.1) is 6.92 Å². The minimum Gasteiger partial charge on any atom is -0.416 e. The second-order valence-corrected chi connectivity index (χ2v) is 11.1. The molecule has 3 aromatic carbocycles. The average molecular weight is 520 g/mol. The molecule has 0 radical (unpaired) electrons. The van der Waals surface area contributed by atoms with Crippen LogP contribution in [-0.4, -0.2) is 43.6 Å². The highest BCUT2D eigenvalue weighted by molar-refractivity contribution is 7.89. The first kappa shape index (κ1) is 25.1. The molecule has 1 aromatic heterocycles. The van der Waals surface area contributed by atoms with Gasteiger partial charge < -0.3 is 14.1 Å². The Morgan fingerprint density at radius 2 is 1.70 bits per heavy atom. The third kappa shape index (κ3) is 5.58. The lowest BCUT2D eigenvalue weighted by atomic mass is 10.0. The number of aryl methyl sites for hydroxylation is 1. The predicted octanol–water partition coefficient (Wildman–Crippen LogP) is 4.33. The third-order valence-corrected chi connectivity index (χ3v) is 8.61. The minimum absolute atomic E-state index is 0.306. The summed E-state index contributed by atoms with van der Waals surface area (Å²) in [6, 6.07) is 23.1. The van der Waals surface area contributed by atoms with Crippen molar-refractivity contribution in [1.82, 2.24) is 9.29 Å². The number of para-hydroxylation sites is 2. The zero-order chi connectivity index (χ0) is 25.8. The van der Waals surface area contributed by atoms with Crippen molar-refractivity contribution in [2.45, 2.75) is 37.3 Å². The fourth-order valence-electron chi connectivity index (χ4n) is 4.79. The SMILES string of the molecule is Cc1cccc(S(=O)(=O)N2CCC(N3COCc4ccccc43)CC2)c1.O=c1nc2ccccc2co1. The quantitative estimate of drug-likeness (QED) is 0.398. The topological polar surface area (TPSA) is 93.0 Å². The maximum atomic E-state index is 12.9. The maximum absolute atomic E-state index is 12.9. The van der Waals surface area contributed by atoms with E-state index in [0.717, 1.165) is 23.8 Å². The molecule has 0 N–H and O–H groups in total. The van der Waals surface area contributed by atoms with E-state index in [0.29, 0.717) is 42.9 Å². The lowest BCUT2D eigenvalue weighted by Crippen LogP contribution is -2.48. The third-order valence-electron chi connectivity index (χ3n) is 6.72. The summed E-state index contributed by atoms with van der Waals surface area (Å²) in [6.45, 7) is 4.22. The van der Waals surface area contributed by atoms with Gasteiger partial charge in [-0.2, -0.15) is 9.29 Å². The van der Waals surface area contributed by atoms with Crippen LogP contribution in [0.4, 0.5) is 5.69 Å². The van der Waals surface area contributed by atoms with Gasteiger partial charge in [0.2, 0.25) is 10.0 Å². The van der Waals surface area contributed by atoms with E-state index in [-0.39, 0.29) is 0 Å². The predicted molar refractivity (Wildman–Crippen MR) is 142 cm³/mol. The number of piperidine rings is 1. The van der Waals surface area contributed by atoms with Crippen molar-refractivity contribution in [2.24, 2.45) is 0 Å². The molecular weight excluding hydrogens is 490 g/mol. The fraction of sp³-hybridized carbons (Fsp3) is 0.286. The molecular formula is C28H29N3O5S. The van der Waals surface area contributed by atoms with Gasteiger partial charge in [-0.1, -0.05) is 42.5 Å². The Hall–Kier alpha value is -3.53. The van der Waals surface area contributed by atoms with E-state index < -0.39 is 15.8 Å². The normalized spacial score (nSPS) is 16.6.